The summed E-state index contributed by atoms with van der Waals surface area (Å²) in [5.41, 5.74) is 4.30. The molecule has 2 N–H and O–H groups in total. The average molecular weight is 594 g/mol. The Balaban J connectivity index is 0.000000483. The third kappa shape index (κ3) is 7.37. The number of hydrogen-bond donors (Lipinski definition) is 2. The molecule has 4 aromatic rings. The number of carbonyl (C=O) groups is 1. The topological polar surface area (TPSA) is 105 Å². The van der Waals surface area contributed by atoms with Crippen LogP contribution in [0.4, 0.5) is 11.6 Å². The van der Waals surface area contributed by atoms with E-state index in [1.165, 1.54) is 18.4 Å². The molecule has 3 aromatic heterocycles. The van der Waals surface area contributed by atoms with Crippen molar-refractivity contribution in [2.75, 3.05) is 29.6 Å². The number of carbonyl (C=O) groups excluding carboxylic acids is 1. The molecule has 216 valence electrons. The second-order valence-electron chi connectivity index (χ2n) is 10.1. The molecule has 41 heavy (non-hydrogen) atoms. The number of amides is 1. The normalized spacial score (nSPS) is 13.8. The molecule has 1 amide bonds. The fourth-order valence-corrected chi connectivity index (χ4v) is 5.30. The number of benzene rings is 1. The van der Waals surface area contributed by atoms with Gasteiger partial charge in [0.1, 0.15) is 5.15 Å². The molecule has 4 heterocycles. The molecule has 1 fully saturated rings. The summed E-state index contributed by atoms with van der Waals surface area (Å²) in [7, 11) is 1.79. The molecule has 0 radical (unpaired) electrons. The summed E-state index contributed by atoms with van der Waals surface area (Å²) >= 11 is 7.25. The number of anilines is 2. The van der Waals surface area contributed by atoms with Crippen LogP contribution < -0.4 is 20.5 Å². The lowest BCUT2D eigenvalue weighted by molar-refractivity contribution is 0.0980. The fraction of sp³-hybridized carbons (Fsp3) is 0.367. The van der Waals surface area contributed by atoms with Crippen molar-refractivity contribution >= 4 is 52.0 Å². The van der Waals surface area contributed by atoms with Crippen LogP contribution in [0.1, 0.15) is 59.5 Å². The van der Waals surface area contributed by atoms with E-state index >= 15 is 0 Å². The van der Waals surface area contributed by atoms with Crippen LogP contribution in [0.15, 0.2) is 53.5 Å². The third-order valence-electron chi connectivity index (χ3n) is 6.89. The van der Waals surface area contributed by atoms with Crippen molar-refractivity contribution in [3.05, 3.63) is 86.7 Å². The van der Waals surface area contributed by atoms with Crippen LogP contribution in [0.25, 0.3) is 10.9 Å². The smallest absolute Gasteiger partial charge is 0.281 e. The van der Waals surface area contributed by atoms with Gasteiger partial charge in [-0.05, 0) is 75.9 Å². The van der Waals surface area contributed by atoms with Crippen LogP contribution in [-0.2, 0) is 7.05 Å². The number of nitrogens with one attached hydrogen (secondary N) is 2. The van der Waals surface area contributed by atoms with Crippen molar-refractivity contribution in [3.8, 4) is 0 Å². The number of nitrogens with zero attached hydrogens (tertiary/aromatic N) is 5. The molecule has 1 unspecified atom stereocenters. The minimum absolute atomic E-state index is 0.0593. The fourth-order valence-electron chi connectivity index (χ4n) is 4.87. The number of halogens is 1. The Morgan fingerprint density at radius 2 is 1.83 bits per heavy atom. The largest absolute Gasteiger partial charge is 0.377 e. The lowest BCUT2D eigenvalue weighted by Gasteiger charge is -2.29. The Morgan fingerprint density at radius 3 is 2.46 bits per heavy atom. The van der Waals surface area contributed by atoms with Crippen molar-refractivity contribution in [1.82, 2.24) is 24.2 Å². The molecule has 0 bridgehead atoms. The molecule has 1 saturated heterocycles. The van der Waals surface area contributed by atoms with Crippen LogP contribution in [0.3, 0.4) is 0 Å². The van der Waals surface area contributed by atoms with Crippen LogP contribution in [0.5, 0.6) is 0 Å². The van der Waals surface area contributed by atoms with E-state index in [1.54, 1.807) is 36.2 Å². The first-order valence-electron chi connectivity index (χ1n) is 13.6. The van der Waals surface area contributed by atoms with Gasteiger partial charge in [0.25, 0.3) is 11.5 Å². The quantitative estimate of drug-likeness (QED) is 0.212. The first-order chi connectivity index (χ1) is 19.7. The number of pyridine rings is 2. The van der Waals surface area contributed by atoms with E-state index in [2.05, 4.69) is 24.9 Å². The molecule has 0 aliphatic carbocycles. The van der Waals surface area contributed by atoms with Gasteiger partial charge in [0.05, 0.1) is 22.6 Å². The van der Waals surface area contributed by atoms with Crippen molar-refractivity contribution < 1.29 is 4.79 Å². The third-order valence-corrected chi connectivity index (χ3v) is 7.49. The Bertz CT molecular complexity index is 1570. The van der Waals surface area contributed by atoms with Crippen molar-refractivity contribution in [2.24, 2.45) is 7.05 Å². The molecule has 5 rings (SSSR count). The van der Waals surface area contributed by atoms with Crippen molar-refractivity contribution in [2.45, 2.75) is 46.1 Å². The van der Waals surface area contributed by atoms with E-state index in [1.807, 2.05) is 51.1 Å². The highest BCUT2D eigenvalue weighted by Gasteiger charge is 2.22. The Labute approximate surface area is 249 Å². The molecule has 1 aliphatic rings. The minimum Gasteiger partial charge on any atom is -0.377 e. The maximum Gasteiger partial charge on any atom is 0.281 e. The van der Waals surface area contributed by atoms with Gasteiger partial charge in [-0.3, -0.25) is 23.9 Å². The maximum atomic E-state index is 13.3. The zero-order valence-corrected chi connectivity index (χ0v) is 25.6. The molecular weight excluding hydrogens is 558 g/mol. The molecule has 1 aliphatic heterocycles. The molecule has 1 aromatic carbocycles. The number of aryl methyl sites for hydroxylation is 2. The summed E-state index contributed by atoms with van der Waals surface area (Å²) in [5.74, 6) is 0.362. The highest BCUT2D eigenvalue weighted by Crippen LogP contribution is 2.29. The lowest BCUT2D eigenvalue weighted by atomic mass is 10.0. The van der Waals surface area contributed by atoms with Gasteiger partial charge in [-0.15, -0.1) is 0 Å². The van der Waals surface area contributed by atoms with E-state index in [0.717, 1.165) is 42.8 Å². The number of fused-ring (bicyclic) bond motifs is 1. The number of aromatic nitrogens is 4. The minimum atomic E-state index is -0.335. The molecule has 11 heteroatoms. The van der Waals surface area contributed by atoms with E-state index in [9.17, 15) is 9.59 Å². The highest BCUT2D eigenvalue weighted by atomic mass is 35.5. The van der Waals surface area contributed by atoms with Gasteiger partial charge in [-0.1, -0.05) is 35.7 Å². The molecule has 0 spiro atoms. The number of hydrogen-bond acceptors (Lipinski definition) is 8. The highest BCUT2D eigenvalue weighted by molar-refractivity contribution is 7.97. The zero-order chi connectivity index (χ0) is 29.5. The lowest BCUT2D eigenvalue weighted by Crippen LogP contribution is -2.35. The summed E-state index contributed by atoms with van der Waals surface area (Å²) in [5, 5.41) is 4.21. The standard InChI is InChI=1S/C24H29ClN6O2S.C6H7N/c1-14-12-16(15(2)26-18-8-9-19(25)27-21(18)22(32)29-34-4)20-17(13-14)23(33)30(3)24(28-20)31-10-6-5-7-11-31;1-6-4-2-3-5-7-6/h8-9,12-13,15,26H,5-7,10-11H2,1-4H3,(H,29,32);2-5H,1H3. The van der Waals surface area contributed by atoms with Crippen molar-refractivity contribution in [1.29, 1.82) is 0 Å². The summed E-state index contributed by atoms with van der Waals surface area (Å²) in [6.45, 7) is 7.71. The molecule has 1 atom stereocenters. The first-order valence-corrected chi connectivity index (χ1v) is 15.2. The monoisotopic (exact) mass is 593 g/mol. The van der Waals surface area contributed by atoms with Crippen LogP contribution in [0.2, 0.25) is 5.15 Å². The van der Waals surface area contributed by atoms with Gasteiger partial charge in [0.15, 0.2) is 5.69 Å². The van der Waals surface area contributed by atoms with Crippen LogP contribution in [0, 0.1) is 13.8 Å². The average Bonchev–Trinajstić information content (AvgIpc) is 2.97. The predicted octanol–water partition coefficient (Wildman–Crippen LogP) is 5.85. The van der Waals surface area contributed by atoms with Gasteiger partial charge in [0, 0.05) is 43.8 Å². The van der Waals surface area contributed by atoms with E-state index in [-0.39, 0.29) is 28.4 Å². The first kappa shape index (κ1) is 30.3. The summed E-state index contributed by atoms with van der Waals surface area (Å²) in [4.78, 5) is 41.3. The van der Waals surface area contributed by atoms with E-state index in [0.29, 0.717) is 22.5 Å². The second-order valence-corrected chi connectivity index (χ2v) is 11.1. The Hall–Kier alpha value is -3.63. The van der Waals surface area contributed by atoms with Gasteiger partial charge in [-0.25, -0.2) is 9.97 Å². The predicted molar refractivity (Wildman–Crippen MR) is 169 cm³/mol. The molecule has 0 saturated carbocycles. The van der Waals surface area contributed by atoms with Gasteiger partial charge in [-0.2, -0.15) is 0 Å². The van der Waals surface area contributed by atoms with Crippen LogP contribution in [-0.4, -0.2) is 44.8 Å². The molecular formula is C30H36ClN7O2S. The second kappa shape index (κ2) is 13.8. The van der Waals surface area contributed by atoms with Gasteiger partial charge >= 0.3 is 0 Å². The van der Waals surface area contributed by atoms with Crippen LogP contribution >= 0.6 is 23.5 Å². The summed E-state index contributed by atoms with van der Waals surface area (Å²) in [6, 6.07) is 12.9. The number of piperidine rings is 1. The van der Waals surface area contributed by atoms with E-state index in [4.69, 9.17) is 16.6 Å². The van der Waals surface area contributed by atoms with E-state index < -0.39 is 0 Å². The Kier molecular flexibility index (Phi) is 10.2. The SMILES string of the molecule is CSNC(=O)c1nc(Cl)ccc1NC(C)c1cc(C)cc2c(=O)n(C)c(N3CCCCC3)nc12.Cc1ccccn1. The summed E-state index contributed by atoms with van der Waals surface area (Å²) < 4.78 is 4.35. The maximum absolute atomic E-state index is 13.3. The molecule has 9 nitrogen and oxygen atoms in total. The van der Waals surface area contributed by atoms with Crippen molar-refractivity contribution in [3.63, 3.8) is 0 Å². The van der Waals surface area contributed by atoms with Gasteiger partial charge in [0.2, 0.25) is 5.95 Å². The Morgan fingerprint density at radius 1 is 1.07 bits per heavy atom. The van der Waals surface area contributed by atoms with Gasteiger partial charge < -0.3 is 10.2 Å². The number of rotatable bonds is 6. The zero-order valence-electron chi connectivity index (χ0n) is 24.1. The summed E-state index contributed by atoms with van der Waals surface area (Å²) in [6.07, 6.45) is 6.94.